The molecule has 9 heteroatoms. The SMILES string of the molecule is CC(=O)NCCC(N)C(=O)Nc1cccc(OC(F)(F)F)c1. The van der Waals surface area contributed by atoms with Crippen LogP contribution in [0.4, 0.5) is 18.9 Å². The third kappa shape index (κ3) is 6.93. The van der Waals surface area contributed by atoms with E-state index in [1.165, 1.54) is 19.1 Å². The average molecular weight is 319 g/mol. The fourth-order valence-electron chi connectivity index (χ4n) is 1.54. The summed E-state index contributed by atoms with van der Waals surface area (Å²) in [5.41, 5.74) is 5.74. The molecule has 22 heavy (non-hydrogen) atoms. The van der Waals surface area contributed by atoms with Crippen molar-refractivity contribution >= 4 is 17.5 Å². The maximum Gasteiger partial charge on any atom is 0.573 e. The largest absolute Gasteiger partial charge is 0.573 e. The van der Waals surface area contributed by atoms with Gasteiger partial charge in [-0.25, -0.2) is 0 Å². The Morgan fingerprint density at radius 2 is 2.05 bits per heavy atom. The number of carbonyl (C=O) groups excluding carboxylic acids is 2. The van der Waals surface area contributed by atoms with Gasteiger partial charge in [0.1, 0.15) is 5.75 Å². The van der Waals surface area contributed by atoms with Crippen molar-refractivity contribution in [2.75, 3.05) is 11.9 Å². The van der Waals surface area contributed by atoms with Gasteiger partial charge < -0.3 is 21.1 Å². The van der Waals surface area contributed by atoms with Gasteiger partial charge in [0.2, 0.25) is 11.8 Å². The van der Waals surface area contributed by atoms with E-state index in [1.807, 2.05) is 0 Å². The van der Waals surface area contributed by atoms with E-state index in [0.29, 0.717) is 0 Å². The van der Waals surface area contributed by atoms with Crippen molar-refractivity contribution in [3.63, 3.8) is 0 Å². The van der Waals surface area contributed by atoms with Gasteiger partial charge in [-0.3, -0.25) is 9.59 Å². The number of anilines is 1. The predicted molar refractivity (Wildman–Crippen MR) is 73.0 cm³/mol. The Morgan fingerprint density at radius 3 is 2.64 bits per heavy atom. The molecule has 0 aromatic heterocycles. The van der Waals surface area contributed by atoms with Crippen molar-refractivity contribution in [1.29, 1.82) is 0 Å². The van der Waals surface area contributed by atoms with Crippen LogP contribution in [0, 0.1) is 0 Å². The first-order valence-corrected chi connectivity index (χ1v) is 6.34. The second-order valence-electron chi connectivity index (χ2n) is 4.44. The van der Waals surface area contributed by atoms with Gasteiger partial charge in [0, 0.05) is 25.2 Å². The number of nitrogens with two attached hydrogens (primary N) is 1. The summed E-state index contributed by atoms with van der Waals surface area (Å²) >= 11 is 0. The third-order valence-electron chi connectivity index (χ3n) is 2.50. The summed E-state index contributed by atoms with van der Waals surface area (Å²) in [6, 6.07) is 3.95. The summed E-state index contributed by atoms with van der Waals surface area (Å²) in [6.07, 6.45) is -4.61. The monoisotopic (exact) mass is 319 g/mol. The molecule has 0 aliphatic carbocycles. The standard InChI is InChI=1S/C13H16F3N3O3/c1-8(20)18-6-5-11(17)12(21)19-9-3-2-4-10(7-9)22-13(14,15)16/h2-4,7,11H,5-6,17H2,1H3,(H,18,20)(H,19,21). The highest BCUT2D eigenvalue weighted by Crippen LogP contribution is 2.25. The molecular weight excluding hydrogens is 303 g/mol. The molecule has 0 saturated carbocycles. The summed E-state index contributed by atoms with van der Waals surface area (Å²) in [4.78, 5) is 22.5. The van der Waals surface area contributed by atoms with Crippen LogP contribution < -0.4 is 21.1 Å². The smallest absolute Gasteiger partial charge is 0.406 e. The number of hydrogen-bond acceptors (Lipinski definition) is 4. The maximum atomic E-state index is 12.1. The van der Waals surface area contributed by atoms with Gasteiger partial charge in [-0.05, 0) is 18.6 Å². The zero-order valence-corrected chi connectivity index (χ0v) is 11.7. The van der Waals surface area contributed by atoms with Crippen molar-refractivity contribution in [2.45, 2.75) is 25.7 Å². The highest BCUT2D eigenvalue weighted by Gasteiger charge is 2.31. The molecule has 122 valence electrons. The zero-order valence-electron chi connectivity index (χ0n) is 11.7. The van der Waals surface area contributed by atoms with E-state index in [9.17, 15) is 22.8 Å². The molecule has 4 N–H and O–H groups in total. The van der Waals surface area contributed by atoms with E-state index in [-0.39, 0.29) is 24.6 Å². The van der Waals surface area contributed by atoms with E-state index in [1.54, 1.807) is 0 Å². The summed E-state index contributed by atoms with van der Waals surface area (Å²) in [5.74, 6) is -1.27. The lowest BCUT2D eigenvalue weighted by molar-refractivity contribution is -0.274. The Hall–Kier alpha value is -2.29. The molecule has 6 nitrogen and oxygen atoms in total. The van der Waals surface area contributed by atoms with Crippen LogP contribution in [0.15, 0.2) is 24.3 Å². The molecule has 1 atom stereocenters. The molecule has 0 aliphatic heterocycles. The summed E-state index contributed by atoms with van der Waals surface area (Å²) in [5, 5.41) is 4.87. The first kappa shape index (κ1) is 17.8. The molecule has 0 radical (unpaired) electrons. The molecule has 0 aliphatic rings. The summed E-state index contributed by atoms with van der Waals surface area (Å²) < 4.78 is 40.1. The Balaban J connectivity index is 2.56. The molecule has 0 fully saturated rings. The van der Waals surface area contributed by atoms with Gasteiger partial charge in [0.15, 0.2) is 0 Å². The van der Waals surface area contributed by atoms with Crippen LogP contribution in [0.1, 0.15) is 13.3 Å². The first-order chi connectivity index (χ1) is 10.2. The van der Waals surface area contributed by atoms with Crippen LogP contribution in [0.25, 0.3) is 0 Å². The molecule has 1 aromatic rings. The highest BCUT2D eigenvalue weighted by atomic mass is 19.4. The van der Waals surface area contributed by atoms with E-state index < -0.39 is 24.1 Å². The number of nitrogens with one attached hydrogen (secondary N) is 2. The Bertz CT molecular complexity index is 535. The van der Waals surface area contributed by atoms with E-state index in [4.69, 9.17) is 5.73 Å². The first-order valence-electron chi connectivity index (χ1n) is 6.34. The van der Waals surface area contributed by atoms with Gasteiger partial charge >= 0.3 is 6.36 Å². The maximum absolute atomic E-state index is 12.1. The van der Waals surface area contributed by atoms with Crippen molar-refractivity contribution in [2.24, 2.45) is 5.73 Å². The Morgan fingerprint density at radius 1 is 1.36 bits per heavy atom. The molecule has 0 heterocycles. The minimum atomic E-state index is -4.81. The zero-order chi connectivity index (χ0) is 16.8. The van der Waals surface area contributed by atoms with Crippen LogP contribution in [-0.2, 0) is 9.59 Å². The number of amides is 2. The average Bonchev–Trinajstić information content (AvgIpc) is 2.36. The van der Waals surface area contributed by atoms with Crippen molar-refractivity contribution in [3.8, 4) is 5.75 Å². The topological polar surface area (TPSA) is 93.5 Å². The number of ether oxygens (including phenoxy) is 1. The summed E-state index contributed by atoms with van der Waals surface area (Å²) in [6.45, 7) is 1.55. The molecule has 0 saturated heterocycles. The van der Waals surface area contributed by atoms with Gasteiger partial charge in [0.25, 0.3) is 0 Å². The quantitative estimate of drug-likeness (QED) is 0.738. The lowest BCUT2D eigenvalue weighted by Gasteiger charge is -2.14. The molecule has 0 bridgehead atoms. The van der Waals surface area contributed by atoms with Crippen molar-refractivity contribution in [3.05, 3.63) is 24.3 Å². The fourth-order valence-corrected chi connectivity index (χ4v) is 1.54. The van der Waals surface area contributed by atoms with Gasteiger partial charge in [0.05, 0.1) is 6.04 Å². The van der Waals surface area contributed by atoms with Crippen molar-refractivity contribution in [1.82, 2.24) is 5.32 Å². The molecule has 1 aromatic carbocycles. The molecule has 2 amide bonds. The molecule has 1 unspecified atom stereocenters. The van der Waals surface area contributed by atoms with Crippen LogP contribution in [0.3, 0.4) is 0 Å². The Kier molecular flexibility index (Phi) is 6.17. The highest BCUT2D eigenvalue weighted by molar-refractivity contribution is 5.94. The second-order valence-corrected chi connectivity index (χ2v) is 4.44. The lowest BCUT2D eigenvalue weighted by Crippen LogP contribution is -2.38. The summed E-state index contributed by atoms with van der Waals surface area (Å²) in [7, 11) is 0. The molecule has 1 rings (SSSR count). The predicted octanol–water partition coefficient (Wildman–Crippen LogP) is 1.38. The number of carbonyl (C=O) groups is 2. The minimum Gasteiger partial charge on any atom is -0.406 e. The number of halogens is 3. The van der Waals surface area contributed by atoms with E-state index in [0.717, 1.165) is 12.1 Å². The van der Waals surface area contributed by atoms with Crippen LogP contribution >= 0.6 is 0 Å². The lowest BCUT2D eigenvalue weighted by atomic mass is 10.2. The minimum absolute atomic E-state index is 0.127. The number of alkyl halides is 3. The van der Waals surface area contributed by atoms with E-state index in [2.05, 4.69) is 15.4 Å². The number of hydrogen-bond donors (Lipinski definition) is 3. The van der Waals surface area contributed by atoms with E-state index >= 15 is 0 Å². The van der Waals surface area contributed by atoms with Crippen LogP contribution in [0.5, 0.6) is 5.75 Å². The number of rotatable bonds is 6. The molecular formula is C13H16F3N3O3. The Labute approximate surface area is 124 Å². The second kappa shape index (κ2) is 7.64. The van der Waals surface area contributed by atoms with Gasteiger partial charge in [-0.1, -0.05) is 6.07 Å². The fraction of sp³-hybridized carbons (Fsp3) is 0.385. The third-order valence-corrected chi connectivity index (χ3v) is 2.50. The number of benzene rings is 1. The van der Waals surface area contributed by atoms with Crippen LogP contribution in [-0.4, -0.2) is 30.8 Å². The normalized spacial score (nSPS) is 12.4. The van der Waals surface area contributed by atoms with Crippen molar-refractivity contribution < 1.29 is 27.5 Å². The van der Waals surface area contributed by atoms with Gasteiger partial charge in [-0.15, -0.1) is 13.2 Å². The van der Waals surface area contributed by atoms with Crippen LogP contribution in [0.2, 0.25) is 0 Å². The molecule has 0 spiro atoms. The van der Waals surface area contributed by atoms with Gasteiger partial charge in [-0.2, -0.15) is 0 Å².